The van der Waals surface area contributed by atoms with Gasteiger partial charge in [0.05, 0.1) is 0 Å². The van der Waals surface area contributed by atoms with Crippen LogP contribution in [0.4, 0.5) is 0 Å². The third kappa shape index (κ3) is 5.94. The van der Waals surface area contributed by atoms with E-state index in [4.69, 9.17) is 0 Å². The molecule has 0 saturated carbocycles. The molecule has 0 aliphatic rings. The van der Waals surface area contributed by atoms with E-state index in [1.54, 1.807) is 0 Å². The second kappa shape index (κ2) is 6.27. The first-order chi connectivity index (χ1) is 7.90. The molecule has 1 aromatic carbocycles. The average molecular weight is 249 g/mol. The molecule has 2 heteroatoms. The molecule has 1 atom stereocenters. The van der Waals surface area contributed by atoms with Crippen molar-refractivity contribution in [2.45, 2.75) is 49.9 Å². The molecule has 1 rings (SSSR count). The van der Waals surface area contributed by atoms with E-state index in [9.17, 15) is 0 Å². The molecule has 0 spiro atoms. The van der Waals surface area contributed by atoms with Crippen LogP contribution in [0, 0.1) is 0 Å². The number of nitrogens with one attached hydrogen (secondary N) is 1. The van der Waals surface area contributed by atoms with Crippen LogP contribution < -0.4 is 5.32 Å². The predicted octanol–water partition coefficient (Wildman–Crippen LogP) is 4.24. The molecule has 0 bridgehead atoms. The van der Waals surface area contributed by atoms with Gasteiger partial charge in [0, 0.05) is 22.2 Å². The van der Waals surface area contributed by atoms with Crippen LogP contribution in [0.5, 0.6) is 0 Å². The average Bonchev–Trinajstić information content (AvgIpc) is 2.26. The largest absolute Gasteiger partial charge is 0.308 e. The van der Waals surface area contributed by atoms with Crippen LogP contribution >= 0.6 is 11.8 Å². The summed E-state index contributed by atoms with van der Waals surface area (Å²) >= 11 is 1.85. The molecule has 1 nitrogen and oxygen atoms in total. The van der Waals surface area contributed by atoms with E-state index < -0.39 is 0 Å². The van der Waals surface area contributed by atoms with Gasteiger partial charge in [0.1, 0.15) is 0 Å². The second-order valence-corrected chi connectivity index (χ2v) is 6.76. The Kier molecular flexibility index (Phi) is 5.29. The normalized spacial score (nSPS) is 13.4. The summed E-state index contributed by atoms with van der Waals surface area (Å²) in [5.74, 6) is 0. The molecule has 0 aromatic heterocycles. The number of benzene rings is 1. The summed E-state index contributed by atoms with van der Waals surface area (Å²) in [6.07, 6.45) is 1.98. The van der Waals surface area contributed by atoms with Gasteiger partial charge in [-0.25, -0.2) is 0 Å². The van der Waals surface area contributed by atoms with E-state index in [0.29, 0.717) is 5.25 Å². The van der Waals surface area contributed by atoms with Crippen LogP contribution in [0.2, 0.25) is 0 Å². The molecular weight excluding hydrogens is 226 g/mol. The van der Waals surface area contributed by atoms with Crippen molar-refractivity contribution in [1.29, 1.82) is 0 Å². The quantitative estimate of drug-likeness (QED) is 0.619. The molecule has 17 heavy (non-hydrogen) atoms. The van der Waals surface area contributed by atoms with Gasteiger partial charge < -0.3 is 5.32 Å². The molecule has 0 heterocycles. The van der Waals surface area contributed by atoms with E-state index >= 15 is 0 Å². The highest BCUT2D eigenvalue weighted by atomic mass is 32.2. The smallest absolute Gasteiger partial charge is 0.0243 e. The van der Waals surface area contributed by atoms with Gasteiger partial charge in [-0.2, -0.15) is 0 Å². The van der Waals surface area contributed by atoms with Gasteiger partial charge in [-0.15, -0.1) is 18.3 Å². The van der Waals surface area contributed by atoms with Crippen LogP contribution in [-0.4, -0.2) is 10.8 Å². The lowest BCUT2D eigenvalue weighted by molar-refractivity contribution is 0.424. The lowest BCUT2D eigenvalue weighted by Gasteiger charge is -2.20. The number of hydrogen-bond acceptors (Lipinski definition) is 2. The molecule has 94 valence electrons. The fourth-order valence-corrected chi connectivity index (χ4v) is 2.26. The molecule has 1 N–H and O–H groups in total. The maximum atomic E-state index is 3.81. The third-order valence-corrected chi connectivity index (χ3v) is 3.47. The molecule has 0 fully saturated rings. The van der Waals surface area contributed by atoms with Crippen molar-refractivity contribution in [1.82, 2.24) is 5.32 Å². The molecule has 0 saturated heterocycles. The minimum atomic E-state index is 0.164. The predicted molar refractivity (Wildman–Crippen MR) is 78.6 cm³/mol. The van der Waals surface area contributed by atoms with E-state index in [2.05, 4.69) is 63.9 Å². The minimum absolute atomic E-state index is 0.164. The Morgan fingerprint density at radius 1 is 1.41 bits per heavy atom. The highest BCUT2D eigenvalue weighted by Crippen LogP contribution is 2.24. The monoisotopic (exact) mass is 249 g/mol. The van der Waals surface area contributed by atoms with E-state index in [0.717, 1.165) is 6.54 Å². The molecular formula is C15H23NS. The van der Waals surface area contributed by atoms with Crippen molar-refractivity contribution in [3.63, 3.8) is 0 Å². The Balaban J connectivity index is 2.62. The summed E-state index contributed by atoms with van der Waals surface area (Å²) in [4.78, 5) is 1.31. The summed E-state index contributed by atoms with van der Waals surface area (Å²) in [6.45, 7) is 13.5. The fraction of sp³-hybridized carbons (Fsp3) is 0.467. The molecule has 0 aliphatic carbocycles. The zero-order valence-electron chi connectivity index (χ0n) is 11.3. The molecule has 1 aromatic rings. The van der Waals surface area contributed by atoms with E-state index in [-0.39, 0.29) is 5.54 Å². The van der Waals surface area contributed by atoms with Crippen LogP contribution in [0.1, 0.15) is 33.3 Å². The Labute approximate surface area is 110 Å². The van der Waals surface area contributed by atoms with Crippen molar-refractivity contribution < 1.29 is 0 Å². The van der Waals surface area contributed by atoms with Gasteiger partial charge in [0.15, 0.2) is 0 Å². The highest BCUT2D eigenvalue weighted by molar-refractivity contribution is 8.00. The first kappa shape index (κ1) is 14.3. The standard InChI is InChI=1S/C15H23NS/c1-6-12(2)17-14-9-7-8-13(10-14)11-16-15(3,4)5/h6-10,12,16H,1,11H2,2-5H3. The first-order valence-corrected chi connectivity index (χ1v) is 6.92. The van der Waals surface area contributed by atoms with Crippen molar-refractivity contribution in [2.75, 3.05) is 0 Å². The number of thioether (sulfide) groups is 1. The van der Waals surface area contributed by atoms with E-state index in [1.165, 1.54) is 10.5 Å². The summed E-state index contributed by atoms with van der Waals surface area (Å²) in [6, 6.07) is 8.70. The highest BCUT2D eigenvalue weighted by Gasteiger charge is 2.08. The third-order valence-electron chi connectivity index (χ3n) is 2.38. The topological polar surface area (TPSA) is 12.0 Å². The SMILES string of the molecule is C=CC(C)Sc1cccc(CNC(C)(C)C)c1. The fourth-order valence-electron chi connectivity index (χ4n) is 1.36. The van der Waals surface area contributed by atoms with Gasteiger partial charge in [-0.05, 0) is 45.4 Å². The van der Waals surface area contributed by atoms with Crippen molar-refractivity contribution in [3.8, 4) is 0 Å². The zero-order valence-corrected chi connectivity index (χ0v) is 12.1. The van der Waals surface area contributed by atoms with Gasteiger partial charge in [0.25, 0.3) is 0 Å². The maximum absolute atomic E-state index is 3.81. The second-order valence-electron chi connectivity index (χ2n) is 5.31. The Morgan fingerprint density at radius 2 is 2.12 bits per heavy atom. The van der Waals surface area contributed by atoms with Gasteiger partial charge >= 0.3 is 0 Å². The Morgan fingerprint density at radius 3 is 2.71 bits per heavy atom. The molecule has 0 amide bonds. The van der Waals surface area contributed by atoms with Crippen LogP contribution in [0.15, 0.2) is 41.8 Å². The van der Waals surface area contributed by atoms with Gasteiger partial charge in [-0.1, -0.05) is 18.2 Å². The maximum Gasteiger partial charge on any atom is 0.0243 e. The zero-order chi connectivity index (χ0) is 12.9. The lowest BCUT2D eigenvalue weighted by Crippen LogP contribution is -2.35. The number of hydrogen-bond donors (Lipinski definition) is 1. The summed E-state index contributed by atoms with van der Waals surface area (Å²) in [5.41, 5.74) is 1.50. The first-order valence-electron chi connectivity index (χ1n) is 6.04. The van der Waals surface area contributed by atoms with Gasteiger partial charge in [-0.3, -0.25) is 0 Å². The van der Waals surface area contributed by atoms with Crippen molar-refractivity contribution >= 4 is 11.8 Å². The summed E-state index contributed by atoms with van der Waals surface area (Å²) in [7, 11) is 0. The number of rotatable bonds is 5. The van der Waals surface area contributed by atoms with Crippen LogP contribution in [0.25, 0.3) is 0 Å². The van der Waals surface area contributed by atoms with Gasteiger partial charge in [0.2, 0.25) is 0 Å². The summed E-state index contributed by atoms with van der Waals surface area (Å²) < 4.78 is 0. The lowest BCUT2D eigenvalue weighted by atomic mass is 10.1. The molecule has 0 aliphatic heterocycles. The molecule has 0 radical (unpaired) electrons. The Hall–Kier alpha value is -0.730. The van der Waals surface area contributed by atoms with Crippen molar-refractivity contribution in [3.05, 3.63) is 42.5 Å². The molecule has 1 unspecified atom stereocenters. The minimum Gasteiger partial charge on any atom is -0.308 e. The van der Waals surface area contributed by atoms with Crippen LogP contribution in [-0.2, 0) is 6.54 Å². The Bertz CT molecular complexity index is 365. The van der Waals surface area contributed by atoms with Crippen LogP contribution in [0.3, 0.4) is 0 Å². The van der Waals surface area contributed by atoms with Crippen molar-refractivity contribution in [2.24, 2.45) is 0 Å². The summed E-state index contributed by atoms with van der Waals surface area (Å²) in [5, 5.41) is 3.96. The van der Waals surface area contributed by atoms with E-state index in [1.807, 2.05) is 17.8 Å².